The summed E-state index contributed by atoms with van der Waals surface area (Å²) in [5, 5.41) is 1.19. The predicted molar refractivity (Wildman–Crippen MR) is 105 cm³/mol. The minimum atomic E-state index is -0.0483. The summed E-state index contributed by atoms with van der Waals surface area (Å²) in [6, 6.07) is 10.8. The van der Waals surface area contributed by atoms with Crippen LogP contribution in [0.1, 0.15) is 11.3 Å². The highest BCUT2D eigenvalue weighted by molar-refractivity contribution is 6.30. The van der Waals surface area contributed by atoms with E-state index >= 15 is 0 Å². The topological polar surface area (TPSA) is 51.9 Å². The van der Waals surface area contributed by atoms with Crippen molar-refractivity contribution in [2.75, 3.05) is 27.0 Å². The molecule has 4 rings (SSSR count). The van der Waals surface area contributed by atoms with Crippen LogP contribution in [-0.2, 0) is 11.3 Å². The number of nitrogens with zero attached hydrogens (tertiary/aromatic N) is 1. The number of benzene rings is 2. The number of aryl methyl sites for hydroxylation is 1. The van der Waals surface area contributed by atoms with Gasteiger partial charge in [-0.3, -0.25) is 9.69 Å². The number of hydrogen-bond acceptors (Lipinski definition) is 5. The van der Waals surface area contributed by atoms with Crippen LogP contribution in [0, 0.1) is 6.92 Å². The standard InChI is InChI=1S/C21H20ClNO4/c1-13-19(14-3-5-15(22)6-4-14)20(24)16-7-8-18-17(21(16)27-13)11-23(12-26-18)9-10-25-2/h3-8H,9-12H2,1-2H3. The summed E-state index contributed by atoms with van der Waals surface area (Å²) in [6.07, 6.45) is 0. The van der Waals surface area contributed by atoms with Gasteiger partial charge in [-0.15, -0.1) is 0 Å². The van der Waals surface area contributed by atoms with E-state index in [4.69, 9.17) is 25.5 Å². The van der Waals surface area contributed by atoms with E-state index in [0.717, 1.165) is 23.4 Å². The molecule has 1 aliphatic rings. The van der Waals surface area contributed by atoms with E-state index in [-0.39, 0.29) is 5.43 Å². The molecule has 5 nitrogen and oxygen atoms in total. The van der Waals surface area contributed by atoms with Gasteiger partial charge < -0.3 is 13.9 Å². The molecule has 27 heavy (non-hydrogen) atoms. The molecule has 0 atom stereocenters. The van der Waals surface area contributed by atoms with Gasteiger partial charge in [-0.2, -0.15) is 0 Å². The van der Waals surface area contributed by atoms with Crippen molar-refractivity contribution in [2.24, 2.45) is 0 Å². The molecule has 1 aliphatic heterocycles. The van der Waals surface area contributed by atoms with Gasteiger partial charge in [0.15, 0.2) is 0 Å². The molecule has 140 valence electrons. The molecule has 0 fully saturated rings. The van der Waals surface area contributed by atoms with Gasteiger partial charge in [-0.05, 0) is 36.8 Å². The maximum atomic E-state index is 13.2. The van der Waals surface area contributed by atoms with Crippen molar-refractivity contribution in [3.63, 3.8) is 0 Å². The summed E-state index contributed by atoms with van der Waals surface area (Å²) >= 11 is 5.97. The third-order valence-electron chi connectivity index (χ3n) is 4.83. The fourth-order valence-corrected chi connectivity index (χ4v) is 3.56. The van der Waals surface area contributed by atoms with Gasteiger partial charge in [0.2, 0.25) is 5.43 Å². The first-order valence-electron chi connectivity index (χ1n) is 8.78. The Balaban J connectivity index is 1.84. The molecule has 6 heteroatoms. The summed E-state index contributed by atoms with van der Waals surface area (Å²) in [6.45, 7) is 4.33. The number of fused-ring (bicyclic) bond motifs is 3. The van der Waals surface area contributed by atoms with Crippen LogP contribution in [0.25, 0.3) is 22.1 Å². The largest absolute Gasteiger partial charge is 0.478 e. The van der Waals surface area contributed by atoms with Gasteiger partial charge in [-0.25, -0.2) is 0 Å². The minimum Gasteiger partial charge on any atom is -0.478 e. The number of methoxy groups -OCH3 is 1. The molecule has 2 heterocycles. The van der Waals surface area contributed by atoms with Crippen LogP contribution in [-0.4, -0.2) is 31.9 Å². The Labute approximate surface area is 162 Å². The Bertz CT molecular complexity index is 1040. The first-order valence-corrected chi connectivity index (χ1v) is 9.15. The second kappa shape index (κ2) is 7.35. The van der Waals surface area contributed by atoms with Crippen LogP contribution < -0.4 is 10.2 Å². The fraction of sp³-hybridized carbons (Fsp3) is 0.286. The van der Waals surface area contributed by atoms with Crippen LogP contribution >= 0.6 is 11.6 Å². The van der Waals surface area contributed by atoms with Crippen molar-refractivity contribution in [2.45, 2.75) is 13.5 Å². The highest BCUT2D eigenvalue weighted by Crippen LogP contribution is 2.33. The number of hydrogen-bond donors (Lipinski definition) is 0. The Morgan fingerprint density at radius 1 is 1.19 bits per heavy atom. The second-order valence-electron chi connectivity index (χ2n) is 6.61. The molecular formula is C21H20ClNO4. The van der Waals surface area contributed by atoms with Crippen LogP contribution in [0.3, 0.4) is 0 Å². The molecule has 0 unspecified atom stereocenters. The van der Waals surface area contributed by atoms with E-state index in [1.807, 2.05) is 25.1 Å². The summed E-state index contributed by atoms with van der Waals surface area (Å²) in [4.78, 5) is 15.3. The Kier molecular flexibility index (Phi) is 4.91. The average Bonchev–Trinajstić information content (AvgIpc) is 2.67. The van der Waals surface area contributed by atoms with Gasteiger partial charge in [0.05, 0.1) is 23.1 Å². The van der Waals surface area contributed by atoms with Crippen LogP contribution in [0.2, 0.25) is 5.02 Å². The maximum absolute atomic E-state index is 13.2. The normalized spacial score (nSPS) is 14.2. The summed E-state index contributed by atoms with van der Waals surface area (Å²) < 4.78 is 17.1. The Morgan fingerprint density at radius 2 is 1.96 bits per heavy atom. The molecule has 1 aromatic heterocycles. The Morgan fingerprint density at radius 3 is 2.70 bits per heavy atom. The van der Waals surface area contributed by atoms with Crippen molar-refractivity contribution in [3.8, 4) is 16.9 Å². The smallest absolute Gasteiger partial charge is 0.200 e. The van der Waals surface area contributed by atoms with Crippen molar-refractivity contribution >= 4 is 22.6 Å². The molecule has 0 N–H and O–H groups in total. The molecule has 0 bridgehead atoms. The first-order chi connectivity index (χ1) is 13.1. The molecule has 0 aliphatic carbocycles. The Hall–Kier alpha value is -2.34. The minimum absolute atomic E-state index is 0.0483. The maximum Gasteiger partial charge on any atom is 0.200 e. The lowest BCUT2D eigenvalue weighted by Gasteiger charge is -2.29. The molecule has 3 aromatic rings. The van der Waals surface area contributed by atoms with Gasteiger partial charge in [0.1, 0.15) is 23.8 Å². The van der Waals surface area contributed by atoms with Crippen molar-refractivity contribution in [1.82, 2.24) is 4.90 Å². The van der Waals surface area contributed by atoms with Crippen LogP contribution in [0.15, 0.2) is 45.6 Å². The van der Waals surface area contributed by atoms with E-state index in [1.165, 1.54) is 0 Å². The number of rotatable bonds is 4. The summed E-state index contributed by atoms with van der Waals surface area (Å²) in [5.41, 5.74) is 2.80. The first kappa shape index (κ1) is 18.0. The van der Waals surface area contributed by atoms with Gasteiger partial charge in [0.25, 0.3) is 0 Å². The van der Waals surface area contributed by atoms with Gasteiger partial charge in [0, 0.05) is 25.2 Å². The zero-order chi connectivity index (χ0) is 19.0. The van der Waals surface area contributed by atoms with E-state index < -0.39 is 0 Å². The van der Waals surface area contributed by atoms with E-state index in [2.05, 4.69) is 4.90 Å². The van der Waals surface area contributed by atoms with Crippen molar-refractivity contribution < 1.29 is 13.9 Å². The average molecular weight is 386 g/mol. The monoisotopic (exact) mass is 385 g/mol. The lowest BCUT2D eigenvalue weighted by atomic mass is 10.0. The quantitative estimate of drug-likeness (QED) is 0.673. The summed E-state index contributed by atoms with van der Waals surface area (Å²) in [5.74, 6) is 1.34. The molecule has 0 saturated heterocycles. The number of ether oxygens (including phenoxy) is 2. The van der Waals surface area contributed by atoms with Crippen molar-refractivity contribution in [3.05, 3.63) is 63.0 Å². The summed E-state index contributed by atoms with van der Waals surface area (Å²) in [7, 11) is 1.68. The lowest BCUT2D eigenvalue weighted by Crippen LogP contribution is -2.34. The molecule has 2 aromatic carbocycles. The highest BCUT2D eigenvalue weighted by Gasteiger charge is 2.23. The SMILES string of the molecule is COCCN1COc2ccc3c(=O)c(-c4ccc(Cl)cc4)c(C)oc3c2C1. The molecule has 0 radical (unpaired) electrons. The third kappa shape index (κ3) is 3.34. The molecule has 0 amide bonds. The van der Waals surface area contributed by atoms with Crippen LogP contribution in [0.4, 0.5) is 0 Å². The molecule has 0 saturated carbocycles. The van der Waals surface area contributed by atoms with E-state index in [0.29, 0.717) is 47.2 Å². The lowest BCUT2D eigenvalue weighted by molar-refractivity contribution is 0.0658. The molecule has 0 spiro atoms. The van der Waals surface area contributed by atoms with Crippen LogP contribution in [0.5, 0.6) is 5.75 Å². The van der Waals surface area contributed by atoms with E-state index in [9.17, 15) is 4.79 Å². The fourth-order valence-electron chi connectivity index (χ4n) is 3.43. The van der Waals surface area contributed by atoms with Crippen molar-refractivity contribution in [1.29, 1.82) is 0 Å². The third-order valence-corrected chi connectivity index (χ3v) is 5.08. The zero-order valence-corrected chi connectivity index (χ0v) is 16.0. The predicted octanol–water partition coefficient (Wildman–Crippen LogP) is 4.22. The zero-order valence-electron chi connectivity index (χ0n) is 15.3. The number of halogens is 1. The van der Waals surface area contributed by atoms with E-state index in [1.54, 1.807) is 25.3 Å². The second-order valence-corrected chi connectivity index (χ2v) is 7.04. The van der Waals surface area contributed by atoms with Gasteiger partial charge in [-0.1, -0.05) is 23.7 Å². The van der Waals surface area contributed by atoms with Gasteiger partial charge >= 0.3 is 0 Å². The molecular weight excluding hydrogens is 366 g/mol. The highest BCUT2D eigenvalue weighted by atomic mass is 35.5.